The van der Waals surface area contributed by atoms with E-state index in [2.05, 4.69) is 4.72 Å². The Morgan fingerprint density at radius 2 is 1.85 bits per heavy atom. The third-order valence-corrected chi connectivity index (χ3v) is 4.42. The summed E-state index contributed by atoms with van der Waals surface area (Å²) in [6.45, 7) is 1.64. The van der Waals surface area contributed by atoms with Gasteiger partial charge >= 0.3 is 0 Å². The molecule has 0 saturated heterocycles. The van der Waals surface area contributed by atoms with E-state index in [1.807, 2.05) is 6.07 Å². The van der Waals surface area contributed by atoms with Gasteiger partial charge in [0.25, 0.3) is 10.0 Å². The number of hydrogen-bond acceptors (Lipinski definition) is 4. The third-order valence-electron chi connectivity index (χ3n) is 2.91. The first kappa shape index (κ1) is 13.9. The SMILES string of the molecule is Cc1c(N)cccc1S(=O)(=O)Nc1ccccc1C#N. The number of benzene rings is 2. The fraction of sp³-hybridized carbons (Fsp3) is 0.0714. The van der Waals surface area contributed by atoms with Gasteiger partial charge in [0, 0.05) is 5.69 Å². The lowest BCUT2D eigenvalue weighted by Crippen LogP contribution is -2.15. The summed E-state index contributed by atoms with van der Waals surface area (Å²) in [5, 5.41) is 8.98. The number of sulfonamides is 1. The Labute approximate surface area is 117 Å². The highest BCUT2D eigenvalue weighted by Crippen LogP contribution is 2.24. The Morgan fingerprint density at radius 3 is 2.55 bits per heavy atom. The zero-order valence-corrected chi connectivity index (χ0v) is 11.6. The van der Waals surface area contributed by atoms with Crippen molar-refractivity contribution in [2.45, 2.75) is 11.8 Å². The maximum absolute atomic E-state index is 12.4. The average Bonchev–Trinajstić information content (AvgIpc) is 2.42. The summed E-state index contributed by atoms with van der Waals surface area (Å²) in [7, 11) is -3.78. The van der Waals surface area contributed by atoms with Crippen LogP contribution in [-0.2, 0) is 10.0 Å². The highest BCUT2D eigenvalue weighted by Gasteiger charge is 2.19. The van der Waals surface area contributed by atoms with Crippen LogP contribution in [0.25, 0.3) is 0 Å². The molecule has 2 aromatic carbocycles. The molecule has 5 nitrogen and oxygen atoms in total. The Morgan fingerprint density at radius 1 is 1.15 bits per heavy atom. The van der Waals surface area contributed by atoms with Crippen LogP contribution < -0.4 is 10.5 Å². The molecule has 0 radical (unpaired) electrons. The number of para-hydroxylation sites is 1. The van der Waals surface area contributed by atoms with Crippen molar-refractivity contribution < 1.29 is 8.42 Å². The number of nitrogens with two attached hydrogens (primary N) is 1. The van der Waals surface area contributed by atoms with Gasteiger partial charge in [-0.2, -0.15) is 5.26 Å². The molecular weight excluding hydrogens is 274 g/mol. The lowest BCUT2D eigenvalue weighted by atomic mass is 10.2. The van der Waals surface area contributed by atoms with Gasteiger partial charge in [-0.3, -0.25) is 4.72 Å². The molecule has 0 unspecified atom stereocenters. The minimum Gasteiger partial charge on any atom is -0.398 e. The molecule has 3 N–H and O–H groups in total. The van der Waals surface area contributed by atoms with Gasteiger partial charge in [-0.1, -0.05) is 18.2 Å². The van der Waals surface area contributed by atoms with Gasteiger partial charge in [0.15, 0.2) is 0 Å². The van der Waals surface area contributed by atoms with Gasteiger partial charge in [0.2, 0.25) is 0 Å². The molecular formula is C14H13N3O2S. The second kappa shape index (κ2) is 5.23. The fourth-order valence-corrected chi connectivity index (χ4v) is 3.15. The molecule has 2 rings (SSSR count). The number of anilines is 2. The van der Waals surface area contributed by atoms with Crippen LogP contribution in [0.1, 0.15) is 11.1 Å². The largest absolute Gasteiger partial charge is 0.398 e. The molecule has 6 heteroatoms. The topological polar surface area (TPSA) is 96.0 Å². The number of nitrogens with zero attached hydrogens (tertiary/aromatic N) is 1. The van der Waals surface area contributed by atoms with Gasteiger partial charge < -0.3 is 5.73 Å². The Hall–Kier alpha value is -2.52. The van der Waals surface area contributed by atoms with Crippen molar-refractivity contribution in [3.8, 4) is 6.07 Å². The van der Waals surface area contributed by atoms with Crippen LogP contribution in [-0.4, -0.2) is 8.42 Å². The van der Waals surface area contributed by atoms with E-state index in [0.717, 1.165) is 0 Å². The maximum Gasteiger partial charge on any atom is 0.262 e. The fourth-order valence-electron chi connectivity index (χ4n) is 1.79. The van der Waals surface area contributed by atoms with E-state index in [1.165, 1.54) is 12.1 Å². The molecule has 0 spiro atoms. The molecule has 0 heterocycles. The van der Waals surface area contributed by atoms with E-state index in [1.54, 1.807) is 37.3 Å². The molecule has 0 bridgehead atoms. The van der Waals surface area contributed by atoms with E-state index in [-0.39, 0.29) is 16.1 Å². The highest BCUT2D eigenvalue weighted by molar-refractivity contribution is 7.92. The van der Waals surface area contributed by atoms with Crippen molar-refractivity contribution in [2.75, 3.05) is 10.5 Å². The predicted molar refractivity (Wildman–Crippen MR) is 77.6 cm³/mol. The predicted octanol–water partition coefficient (Wildman–Crippen LogP) is 2.25. The van der Waals surface area contributed by atoms with Crippen molar-refractivity contribution in [1.82, 2.24) is 0 Å². The second-order valence-corrected chi connectivity index (χ2v) is 5.88. The van der Waals surface area contributed by atoms with Gasteiger partial charge in [0.1, 0.15) is 6.07 Å². The van der Waals surface area contributed by atoms with Crippen LogP contribution in [0.5, 0.6) is 0 Å². The Kier molecular flexibility index (Phi) is 3.63. The molecule has 0 aliphatic heterocycles. The lowest BCUT2D eigenvalue weighted by Gasteiger charge is -2.12. The molecule has 0 aromatic heterocycles. The van der Waals surface area contributed by atoms with Gasteiger partial charge in [-0.15, -0.1) is 0 Å². The van der Waals surface area contributed by atoms with Gasteiger partial charge in [-0.25, -0.2) is 8.42 Å². The minimum atomic E-state index is -3.78. The van der Waals surface area contributed by atoms with E-state index in [0.29, 0.717) is 11.3 Å². The smallest absolute Gasteiger partial charge is 0.262 e. The van der Waals surface area contributed by atoms with Crippen LogP contribution in [0.2, 0.25) is 0 Å². The van der Waals surface area contributed by atoms with E-state index in [9.17, 15) is 8.42 Å². The zero-order valence-electron chi connectivity index (χ0n) is 10.8. The molecule has 0 aliphatic carbocycles. The number of hydrogen-bond donors (Lipinski definition) is 2. The maximum atomic E-state index is 12.4. The van der Waals surface area contributed by atoms with Crippen LogP contribution in [0, 0.1) is 18.3 Å². The first-order chi connectivity index (χ1) is 9.45. The molecule has 2 aromatic rings. The summed E-state index contributed by atoms with van der Waals surface area (Å²) >= 11 is 0. The second-order valence-electron chi connectivity index (χ2n) is 4.23. The number of nitrogen functional groups attached to an aromatic ring is 1. The zero-order chi connectivity index (χ0) is 14.8. The minimum absolute atomic E-state index is 0.102. The third kappa shape index (κ3) is 2.58. The summed E-state index contributed by atoms with van der Waals surface area (Å²) in [6, 6.07) is 13.0. The summed E-state index contributed by atoms with van der Waals surface area (Å²) in [5.74, 6) is 0. The normalized spacial score (nSPS) is 10.8. The first-order valence-electron chi connectivity index (χ1n) is 5.83. The molecule has 0 fully saturated rings. The van der Waals surface area contributed by atoms with Crippen molar-refractivity contribution in [2.24, 2.45) is 0 Å². The summed E-state index contributed by atoms with van der Waals surface area (Å²) < 4.78 is 27.1. The van der Waals surface area contributed by atoms with Crippen LogP contribution >= 0.6 is 0 Å². The molecule has 0 saturated carbocycles. The highest BCUT2D eigenvalue weighted by atomic mass is 32.2. The van der Waals surface area contributed by atoms with Gasteiger partial charge in [0.05, 0.1) is 16.1 Å². The van der Waals surface area contributed by atoms with Crippen molar-refractivity contribution in [1.29, 1.82) is 5.26 Å². The average molecular weight is 287 g/mol. The standard InChI is InChI=1S/C14H13N3O2S/c1-10-12(16)6-4-8-14(10)20(18,19)17-13-7-3-2-5-11(13)9-15/h2-8,17H,16H2,1H3. The van der Waals surface area contributed by atoms with E-state index >= 15 is 0 Å². The number of rotatable bonds is 3. The Balaban J connectivity index is 2.47. The van der Waals surface area contributed by atoms with Gasteiger partial charge in [-0.05, 0) is 36.8 Å². The quantitative estimate of drug-likeness (QED) is 0.846. The summed E-state index contributed by atoms with van der Waals surface area (Å²) in [5.41, 5.74) is 7.12. The van der Waals surface area contributed by atoms with Crippen LogP contribution in [0.3, 0.4) is 0 Å². The first-order valence-corrected chi connectivity index (χ1v) is 7.31. The van der Waals surface area contributed by atoms with E-state index < -0.39 is 10.0 Å². The van der Waals surface area contributed by atoms with Crippen molar-refractivity contribution in [3.63, 3.8) is 0 Å². The molecule has 0 atom stereocenters. The van der Waals surface area contributed by atoms with Crippen LogP contribution in [0.4, 0.5) is 11.4 Å². The van der Waals surface area contributed by atoms with Crippen molar-refractivity contribution in [3.05, 3.63) is 53.6 Å². The molecule has 0 aliphatic rings. The monoisotopic (exact) mass is 287 g/mol. The number of nitrogens with one attached hydrogen (secondary N) is 1. The Bertz CT molecular complexity index is 792. The molecule has 0 amide bonds. The van der Waals surface area contributed by atoms with Crippen molar-refractivity contribution >= 4 is 21.4 Å². The summed E-state index contributed by atoms with van der Waals surface area (Å²) in [6.07, 6.45) is 0. The molecule has 102 valence electrons. The number of nitriles is 1. The van der Waals surface area contributed by atoms with Crippen LogP contribution in [0.15, 0.2) is 47.4 Å². The summed E-state index contributed by atoms with van der Waals surface area (Å²) in [4.78, 5) is 0.102. The molecule has 20 heavy (non-hydrogen) atoms. The van der Waals surface area contributed by atoms with E-state index in [4.69, 9.17) is 11.0 Å². The lowest BCUT2D eigenvalue weighted by molar-refractivity contribution is 0.600.